The summed E-state index contributed by atoms with van der Waals surface area (Å²) in [5.74, 6) is 0.541. The Morgan fingerprint density at radius 3 is 2.67 bits per heavy atom. The Kier molecular flexibility index (Phi) is 5.90. The number of rotatable bonds is 5. The van der Waals surface area contributed by atoms with Crippen LogP contribution in [0.3, 0.4) is 0 Å². The van der Waals surface area contributed by atoms with Crippen molar-refractivity contribution in [2.24, 2.45) is 5.92 Å². The van der Waals surface area contributed by atoms with Gasteiger partial charge in [0.1, 0.15) is 0 Å². The van der Waals surface area contributed by atoms with Gasteiger partial charge in [0.15, 0.2) is 0 Å². The lowest BCUT2D eigenvalue weighted by Crippen LogP contribution is -2.43. The van der Waals surface area contributed by atoms with Crippen molar-refractivity contribution in [1.82, 2.24) is 9.62 Å². The van der Waals surface area contributed by atoms with Crippen LogP contribution in [0.2, 0.25) is 5.02 Å². The molecule has 2 rings (SSSR count). The molecule has 0 spiro atoms. The number of hydrogen-bond acceptors (Lipinski definition) is 3. The molecule has 1 aromatic carbocycles. The van der Waals surface area contributed by atoms with Crippen molar-refractivity contribution in [1.29, 1.82) is 0 Å². The predicted octanol–water partition coefficient (Wildman–Crippen LogP) is 2.69. The third-order valence-electron chi connectivity index (χ3n) is 3.57. The number of nitrogens with zero attached hydrogens (tertiary/aromatic N) is 1. The minimum atomic E-state index is -3.54. The maximum Gasteiger partial charge on any atom is 0.301 e. The monoisotopic (exact) mass is 395 g/mol. The van der Waals surface area contributed by atoms with Gasteiger partial charge in [-0.05, 0) is 66.5 Å². The SMILES string of the molecule is CNCC1CCN(S(=O)(=O)Nc2cc(Cl)ccc2Br)CC1. The molecule has 0 atom stereocenters. The molecule has 1 saturated heterocycles. The highest BCUT2D eigenvalue weighted by molar-refractivity contribution is 9.10. The molecule has 2 N–H and O–H groups in total. The summed E-state index contributed by atoms with van der Waals surface area (Å²) in [6, 6.07) is 5.02. The van der Waals surface area contributed by atoms with Gasteiger partial charge in [0.05, 0.1) is 5.69 Å². The van der Waals surface area contributed by atoms with E-state index in [0.717, 1.165) is 19.4 Å². The zero-order valence-electron chi connectivity index (χ0n) is 11.8. The molecule has 0 aromatic heterocycles. The van der Waals surface area contributed by atoms with E-state index in [4.69, 9.17) is 11.6 Å². The zero-order chi connectivity index (χ0) is 15.5. The molecule has 1 fully saturated rings. The minimum Gasteiger partial charge on any atom is -0.319 e. The molecular formula is C13H19BrClN3O2S. The van der Waals surface area contributed by atoms with Crippen molar-refractivity contribution >= 4 is 43.4 Å². The van der Waals surface area contributed by atoms with Crippen molar-refractivity contribution in [3.8, 4) is 0 Å². The van der Waals surface area contributed by atoms with Crippen molar-refractivity contribution in [2.45, 2.75) is 12.8 Å². The van der Waals surface area contributed by atoms with Gasteiger partial charge in [-0.15, -0.1) is 0 Å². The lowest BCUT2D eigenvalue weighted by molar-refractivity contribution is 0.272. The molecule has 5 nitrogen and oxygen atoms in total. The van der Waals surface area contributed by atoms with Gasteiger partial charge in [0.25, 0.3) is 0 Å². The summed E-state index contributed by atoms with van der Waals surface area (Å²) in [6.45, 7) is 2.01. The van der Waals surface area contributed by atoms with Crippen LogP contribution in [0.1, 0.15) is 12.8 Å². The molecule has 1 aromatic rings. The Bertz CT molecular complexity index is 589. The highest BCUT2D eigenvalue weighted by Crippen LogP contribution is 2.28. The molecule has 8 heteroatoms. The zero-order valence-corrected chi connectivity index (χ0v) is 14.9. The second kappa shape index (κ2) is 7.28. The number of benzene rings is 1. The molecule has 1 aliphatic rings. The fourth-order valence-electron chi connectivity index (χ4n) is 2.42. The first-order valence-electron chi connectivity index (χ1n) is 6.80. The summed E-state index contributed by atoms with van der Waals surface area (Å²) >= 11 is 9.23. The standard InChI is InChI=1S/C13H19BrClN3O2S/c1-16-9-10-4-6-18(7-5-10)21(19,20)17-13-8-11(15)2-3-12(13)14/h2-3,8,10,16-17H,4-7,9H2,1H3. The van der Waals surface area contributed by atoms with E-state index in [1.54, 1.807) is 18.2 Å². The summed E-state index contributed by atoms with van der Waals surface area (Å²) in [5.41, 5.74) is 0.458. The van der Waals surface area contributed by atoms with Crippen molar-refractivity contribution in [3.05, 3.63) is 27.7 Å². The Hall–Kier alpha value is -0.340. The molecule has 1 heterocycles. The second-order valence-corrected chi connectivity index (χ2v) is 8.09. The number of anilines is 1. The van der Waals surface area contributed by atoms with Crippen LogP contribution in [0.5, 0.6) is 0 Å². The lowest BCUT2D eigenvalue weighted by Gasteiger charge is -2.31. The molecule has 0 amide bonds. The van der Waals surface area contributed by atoms with Crippen LogP contribution in [0.25, 0.3) is 0 Å². The van der Waals surface area contributed by atoms with Crippen LogP contribution in [0.4, 0.5) is 5.69 Å². The lowest BCUT2D eigenvalue weighted by atomic mass is 9.98. The molecule has 0 aliphatic carbocycles. The molecule has 118 valence electrons. The van der Waals surface area contributed by atoms with Gasteiger partial charge in [-0.2, -0.15) is 12.7 Å². The molecule has 0 bridgehead atoms. The van der Waals surface area contributed by atoms with E-state index in [1.165, 1.54) is 4.31 Å². The van der Waals surface area contributed by atoms with Gasteiger partial charge in [0, 0.05) is 22.6 Å². The Morgan fingerprint density at radius 1 is 1.38 bits per heavy atom. The molecule has 0 saturated carbocycles. The van der Waals surface area contributed by atoms with Gasteiger partial charge in [-0.1, -0.05) is 11.6 Å². The van der Waals surface area contributed by atoms with E-state index in [1.807, 2.05) is 7.05 Å². The molecule has 0 radical (unpaired) electrons. The van der Waals surface area contributed by atoms with Crippen molar-refractivity contribution < 1.29 is 8.42 Å². The summed E-state index contributed by atoms with van der Waals surface area (Å²) in [4.78, 5) is 0. The van der Waals surface area contributed by atoms with Gasteiger partial charge in [-0.25, -0.2) is 0 Å². The quantitative estimate of drug-likeness (QED) is 0.804. The van der Waals surface area contributed by atoms with Gasteiger partial charge in [0.2, 0.25) is 0 Å². The number of nitrogens with one attached hydrogen (secondary N) is 2. The minimum absolute atomic E-state index is 0.458. The van der Waals surface area contributed by atoms with Crippen molar-refractivity contribution in [3.63, 3.8) is 0 Å². The van der Waals surface area contributed by atoms with Crippen LogP contribution in [0.15, 0.2) is 22.7 Å². The molecule has 21 heavy (non-hydrogen) atoms. The van der Waals surface area contributed by atoms with Crippen LogP contribution >= 0.6 is 27.5 Å². The van der Waals surface area contributed by atoms with Crippen molar-refractivity contribution in [2.75, 3.05) is 31.4 Å². The number of piperidine rings is 1. The summed E-state index contributed by atoms with van der Waals surface area (Å²) < 4.78 is 29.6. The maximum absolute atomic E-state index is 12.4. The van der Waals surface area contributed by atoms with E-state index in [9.17, 15) is 8.42 Å². The van der Waals surface area contributed by atoms with Gasteiger partial charge >= 0.3 is 10.2 Å². The van der Waals surface area contributed by atoms with Crippen LogP contribution in [-0.2, 0) is 10.2 Å². The largest absolute Gasteiger partial charge is 0.319 e. The van der Waals surface area contributed by atoms with E-state index in [-0.39, 0.29) is 0 Å². The summed E-state index contributed by atoms with van der Waals surface area (Å²) in [6.07, 6.45) is 1.75. The topological polar surface area (TPSA) is 61.4 Å². The van der Waals surface area contributed by atoms with Crippen LogP contribution in [0, 0.1) is 5.92 Å². The Balaban J connectivity index is 2.04. The van der Waals surface area contributed by atoms with E-state index in [2.05, 4.69) is 26.0 Å². The first kappa shape index (κ1) is 17.0. The summed E-state index contributed by atoms with van der Waals surface area (Å²) in [5, 5.41) is 3.63. The van der Waals surface area contributed by atoms with Crippen LogP contribution < -0.4 is 10.0 Å². The fraction of sp³-hybridized carbons (Fsp3) is 0.538. The normalized spacial score (nSPS) is 17.9. The first-order valence-corrected chi connectivity index (χ1v) is 9.41. The van der Waals surface area contributed by atoms with Gasteiger partial charge in [-0.3, -0.25) is 4.72 Å². The molecular weight excluding hydrogens is 378 g/mol. The van der Waals surface area contributed by atoms with E-state index in [0.29, 0.717) is 34.2 Å². The average molecular weight is 397 g/mol. The highest BCUT2D eigenvalue weighted by Gasteiger charge is 2.28. The second-order valence-electron chi connectivity index (χ2n) is 5.13. The predicted molar refractivity (Wildman–Crippen MR) is 89.9 cm³/mol. The fourth-order valence-corrected chi connectivity index (χ4v) is 4.34. The summed E-state index contributed by atoms with van der Waals surface area (Å²) in [7, 11) is -1.62. The van der Waals surface area contributed by atoms with Crippen LogP contribution in [-0.4, -0.2) is 39.4 Å². The van der Waals surface area contributed by atoms with E-state index < -0.39 is 10.2 Å². The molecule has 0 unspecified atom stereocenters. The Labute approximate surface area is 139 Å². The highest BCUT2D eigenvalue weighted by atomic mass is 79.9. The first-order chi connectivity index (χ1) is 9.92. The Morgan fingerprint density at radius 2 is 2.05 bits per heavy atom. The average Bonchev–Trinajstić information content (AvgIpc) is 2.44. The maximum atomic E-state index is 12.4. The van der Waals surface area contributed by atoms with Gasteiger partial charge < -0.3 is 5.32 Å². The van der Waals surface area contributed by atoms with E-state index >= 15 is 0 Å². The number of halogens is 2. The smallest absolute Gasteiger partial charge is 0.301 e. The third-order valence-corrected chi connectivity index (χ3v) is 6.02. The number of hydrogen-bond donors (Lipinski definition) is 2. The third kappa shape index (κ3) is 4.56. The molecule has 1 aliphatic heterocycles.